The fraction of sp³-hybridized carbons (Fsp3) is 0.231. The number of nitro groups is 1. The highest BCUT2D eigenvalue weighted by atomic mass is 35.5. The van der Waals surface area contributed by atoms with E-state index < -0.39 is 4.92 Å². The zero-order valence-corrected chi connectivity index (χ0v) is 11.3. The van der Waals surface area contributed by atoms with Crippen molar-refractivity contribution in [3.05, 3.63) is 39.6 Å². The Labute approximate surface area is 120 Å². The number of ketones is 1. The number of aromatic nitrogens is 1. The minimum atomic E-state index is -0.486. The summed E-state index contributed by atoms with van der Waals surface area (Å²) in [6.45, 7) is 0. The van der Waals surface area contributed by atoms with Crippen LogP contribution < -0.4 is 5.73 Å². The number of carbonyl (C=O) groups is 1. The number of anilines is 1. The van der Waals surface area contributed by atoms with Gasteiger partial charge in [0.2, 0.25) is 0 Å². The molecule has 2 aromatic rings. The molecule has 1 aliphatic rings. The number of nitrogen functional groups attached to an aromatic ring is 1. The number of rotatable bonds is 1. The van der Waals surface area contributed by atoms with Gasteiger partial charge in [0.25, 0.3) is 5.69 Å². The third-order valence-electron chi connectivity index (χ3n) is 3.39. The predicted molar refractivity (Wildman–Crippen MR) is 77.3 cm³/mol. The van der Waals surface area contributed by atoms with Crippen molar-refractivity contribution in [3.8, 4) is 0 Å². The van der Waals surface area contributed by atoms with Crippen LogP contribution >= 0.6 is 12.4 Å². The van der Waals surface area contributed by atoms with Crippen LogP contribution in [0.15, 0.2) is 18.2 Å². The molecule has 0 atom stereocenters. The smallest absolute Gasteiger partial charge is 0.270 e. The molecule has 2 N–H and O–H groups in total. The second-order valence-electron chi connectivity index (χ2n) is 4.58. The van der Waals surface area contributed by atoms with Crippen LogP contribution in [0.5, 0.6) is 0 Å². The van der Waals surface area contributed by atoms with Crippen LogP contribution in [0, 0.1) is 10.1 Å². The Balaban J connectivity index is 0.00000147. The van der Waals surface area contributed by atoms with Crippen molar-refractivity contribution >= 4 is 40.5 Å². The van der Waals surface area contributed by atoms with Crippen LogP contribution in [0.25, 0.3) is 10.9 Å². The quantitative estimate of drug-likeness (QED) is 0.643. The van der Waals surface area contributed by atoms with Gasteiger partial charge < -0.3 is 5.73 Å². The summed E-state index contributed by atoms with van der Waals surface area (Å²) in [7, 11) is 0. The molecule has 20 heavy (non-hydrogen) atoms. The molecule has 104 valence electrons. The van der Waals surface area contributed by atoms with Gasteiger partial charge in [-0.2, -0.15) is 0 Å². The fourth-order valence-electron chi connectivity index (χ4n) is 2.48. The van der Waals surface area contributed by atoms with E-state index in [1.54, 1.807) is 6.07 Å². The third-order valence-corrected chi connectivity index (χ3v) is 3.39. The molecule has 0 spiro atoms. The Hall–Kier alpha value is -2.21. The Morgan fingerprint density at radius 2 is 2.05 bits per heavy atom. The molecule has 0 aliphatic heterocycles. The molecule has 0 fully saturated rings. The number of fused-ring (bicyclic) bond motifs is 2. The van der Waals surface area contributed by atoms with Gasteiger partial charge >= 0.3 is 0 Å². The first kappa shape index (κ1) is 14.2. The number of aryl methyl sites for hydroxylation is 1. The van der Waals surface area contributed by atoms with E-state index in [9.17, 15) is 14.9 Å². The molecule has 6 nitrogen and oxygen atoms in total. The average Bonchev–Trinajstić information content (AvgIpc) is 2.38. The highest BCUT2D eigenvalue weighted by Gasteiger charge is 2.23. The maximum Gasteiger partial charge on any atom is 0.270 e. The first-order valence-electron chi connectivity index (χ1n) is 5.97. The molecule has 1 heterocycles. The fourth-order valence-corrected chi connectivity index (χ4v) is 2.48. The largest absolute Gasteiger partial charge is 0.398 e. The Bertz CT molecular complexity index is 730. The highest BCUT2D eigenvalue weighted by Crippen LogP contribution is 2.32. The van der Waals surface area contributed by atoms with Crippen molar-refractivity contribution in [1.82, 2.24) is 4.98 Å². The van der Waals surface area contributed by atoms with E-state index in [-0.39, 0.29) is 23.9 Å². The number of carbonyl (C=O) groups excluding carboxylic acids is 1. The topological polar surface area (TPSA) is 99.1 Å². The number of halogens is 1. The highest BCUT2D eigenvalue weighted by molar-refractivity contribution is 6.09. The zero-order valence-electron chi connectivity index (χ0n) is 10.5. The minimum absolute atomic E-state index is 0. The summed E-state index contributed by atoms with van der Waals surface area (Å²) >= 11 is 0. The monoisotopic (exact) mass is 293 g/mol. The Morgan fingerprint density at radius 3 is 2.75 bits per heavy atom. The Kier molecular flexibility index (Phi) is 3.59. The van der Waals surface area contributed by atoms with Crippen molar-refractivity contribution in [2.75, 3.05) is 5.73 Å². The van der Waals surface area contributed by atoms with Crippen LogP contribution in [0.1, 0.15) is 28.9 Å². The number of nitrogens with zero attached hydrogens (tertiary/aromatic N) is 2. The van der Waals surface area contributed by atoms with Gasteiger partial charge in [-0.3, -0.25) is 19.9 Å². The van der Waals surface area contributed by atoms with E-state index in [0.717, 1.165) is 12.8 Å². The molecular formula is C13H12ClN3O3. The van der Waals surface area contributed by atoms with Gasteiger partial charge in [0.15, 0.2) is 5.78 Å². The number of Topliss-reactive ketones (excluding diaryl/α,β-unsaturated/α-hetero) is 1. The number of non-ortho nitro benzene ring substituents is 1. The number of nitro benzene ring substituents is 1. The molecule has 1 aromatic carbocycles. The molecule has 3 rings (SSSR count). The minimum Gasteiger partial charge on any atom is -0.398 e. The van der Waals surface area contributed by atoms with Crippen LogP contribution in [0.3, 0.4) is 0 Å². The number of hydrogen-bond donors (Lipinski definition) is 1. The van der Waals surface area contributed by atoms with Crippen molar-refractivity contribution in [2.24, 2.45) is 0 Å². The van der Waals surface area contributed by atoms with Gasteiger partial charge in [-0.15, -0.1) is 12.4 Å². The van der Waals surface area contributed by atoms with Crippen molar-refractivity contribution in [1.29, 1.82) is 0 Å². The molecule has 7 heteroatoms. The summed E-state index contributed by atoms with van der Waals surface area (Å²) < 4.78 is 0. The van der Waals surface area contributed by atoms with Gasteiger partial charge in [-0.1, -0.05) is 0 Å². The number of pyridine rings is 1. The van der Waals surface area contributed by atoms with E-state index >= 15 is 0 Å². The summed E-state index contributed by atoms with van der Waals surface area (Å²) in [5.41, 5.74) is 8.02. The first-order chi connectivity index (χ1) is 9.08. The van der Waals surface area contributed by atoms with Crippen molar-refractivity contribution < 1.29 is 9.72 Å². The average molecular weight is 294 g/mol. The summed E-state index contributed by atoms with van der Waals surface area (Å²) in [5.74, 6) is -0.0281. The molecule has 0 saturated heterocycles. The van der Waals surface area contributed by atoms with E-state index in [2.05, 4.69) is 4.98 Å². The van der Waals surface area contributed by atoms with E-state index in [4.69, 9.17) is 5.73 Å². The maximum absolute atomic E-state index is 11.9. The predicted octanol–water partition coefficient (Wildman–Crippen LogP) is 2.67. The van der Waals surface area contributed by atoms with Crippen LogP contribution in [-0.2, 0) is 6.42 Å². The van der Waals surface area contributed by atoms with Crippen LogP contribution in [0.2, 0.25) is 0 Å². The summed E-state index contributed by atoms with van der Waals surface area (Å²) in [6, 6.07) is 4.34. The summed E-state index contributed by atoms with van der Waals surface area (Å²) in [6.07, 6.45) is 1.95. The lowest BCUT2D eigenvalue weighted by Gasteiger charge is -2.17. The molecule has 0 unspecified atom stereocenters. The lowest BCUT2D eigenvalue weighted by molar-refractivity contribution is -0.384. The van der Waals surface area contributed by atoms with Gasteiger partial charge in [0, 0.05) is 23.9 Å². The third kappa shape index (κ3) is 2.08. The van der Waals surface area contributed by atoms with Crippen LogP contribution in [0.4, 0.5) is 11.4 Å². The number of nitrogens with two attached hydrogens (primary N) is 1. The first-order valence-corrected chi connectivity index (χ1v) is 5.97. The SMILES string of the molecule is Cl.Nc1c2c(nc3ccc([N+](=O)[O-])cc13)CCCC2=O. The molecular weight excluding hydrogens is 282 g/mol. The molecule has 0 bridgehead atoms. The summed E-state index contributed by atoms with van der Waals surface area (Å²) in [4.78, 5) is 26.6. The van der Waals surface area contributed by atoms with Crippen LogP contribution in [-0.4, -0.2) is 15.7 Å². The van der Waals surface area contributed by atoms with Gasteiger partial charge in [0.05, 0.1) is 27.4 Å². The molecule has 1 aliphatic carbocycles. The second kappa shape index (κ2) is 5.05. The van der Waals surface area contributed by atoms with E-state index in [1.807, 2.05) is 0 Å². The maximum atomic E-state index is 11.9. The molecule has 0 saturated carbocycles. The number of hydrogen-bond acceptors (Lipinski definition) is 5. The normalized spacial score (nSPS) is 13.7. The molecule has 1 aromatic heterocycles. The lowest BCUT2D eigenvalue weighted by atomic mass is 9.92. The second-order valence-corrected chi connectivity index (χ2v) is 4.58. The summed E-state index contributed by atoms with van der Waals surface area (Å²) in [5, 5.41) is 11.3. The standard InChI is InChI=1S/C13H11N3O3.ClH/c14-13-8-6-7(16(18)19)4-5-9(8)15-10-2-1-3-11(17)12(10)13;/h4-6H,1-3H2,(H2,14,15);1H. The van der Waals surface area contributed by atoms with Crippen molar-refractivity contribution in [3.63, 3.8) is 0 Å². The van der Waals surface area contributed by atoms with E-state index in [1.165, 1.54) is 12.1 Å². The number of benzene rings is 1. The molecule has 0 amide bonds. The Morgan fingerprint density at radius 1 is 1.30 bits per heavy atom. The molecule has 0 radical (unpaired) electrons. The lowest BCUT2D eigenvalue weighted by Crippen LogP contribution is -2.15. The van der Waals surface area contributed by atoms with Gasteiger partial charge in [-0.25, -0.2) is 0 Å². The van der Waals surface area contributed by atoms with E-state index in [0.29, 0.717) is 34.3 Å². The van der Waals surface area contributed by atoms with Gasteiger partial charge in [-0.05, 0) is 18.9 Å². The van der Waals surface area contributed by atoms with Gasteiger partial charge in [0.1, 0.15) is 0 Å². The van der Waals surface area contributed by atoms with Crippen molar-refractivity contribution in [2.45, 2.75) is 19.3 Å². The zero-order chi connectivity index (χ0) is 13.6.